The van der Waals surface area contributed by atoms with Crippen molar-refractivity contribution < 1.29 is 9.59 Å². The summed E-state index contributed by atoms with van der Waals surface area (Å²) in [5, 5.41) is 0. The van der Waals surface area contributed by atoms with Crippen molar-refractivity contribution in [1.82, 2.24) is 9.80 Å². The van der Waals surface area contributed by atoms with E-state index in [1.165, 1.54) is 0 Å². The van der Waals surface area contributed by atoms with E-state index in [0.29, 0.717) is 6.54 Å². The Bertz CT molecular complexity index is 359. The molecule has 1 unspecified atom stereocenters. The molecule has 1 spiro atoms. The molecule has 18 heavy (non-hydrogen) atoms. The molecule has 0 N–H and O–H groups in total. The highest BCUT2D eigenvalue weighted by atomic mass is 32.2. The van der Waals surface area contributed by atoms with Crippen LogP contribution < -0.4 is 0 Å². The van der Waals surface area contributed by atoms with E-state index in [0.717, 1.165) is 31.7 Å². The topological polar surface area (TPSA) is 40.6 Å². The summed E-state index contributed by atoms with van der Waals surface area (Å²) in [7, 11) is 0. The van der Waals surface area contributed by atoms with Gasteiger partial charge in [0.2, 0.25) is 11.8 Å². The molecule has 0 radical (unpaired) electrons. The summed E-state index contributed by atoms with van der Waals surface area (Å²) in [5.74, 6) is 1.38. The number of rotatable bonds is 1. The lowest BCUT2D eigenvalue weighted by Crippen LogP contribution is -2.57. The fourth-order valence-electron chi connectivity index (χ4n) is 2.84. The van der Waals surface area contributed by atoms with Gasteiger partial charge in [0.05, 0.1) is 6.54 Å². The number of amides is 2. The first-order chi connectivity index (χ1) is 8.46. The monoisotopic (exact) mass is 270 g/mol. The maximum Gasteiger partial charge on any atom is 0.226 e. The SMILES string of the molecule is CC(=O)N1CCCC2(C1)SCCN2C(=O)C(C)C. The van der Waals surface area contributed by atoms with E-state index in [2.05, 4.69) is 0 Å². The second-order valence-corrected chi connectivity index (χ2v) is 6.94. The number of thioether (sulfide) groups is 1. The number of piperidine rings is 1. The van der Waals surface area contributed by atoms with Gasteiger partial charge in [0.25, 0.3) is 0 Å². The maximum atomic E-state index is 12.3. The molecule has 0 saturated carbocycles. The molecule has 2 rings (SSSR count). The zero-order chi connectivity index (χ0) is 13.3. The minimum atomic E-state index is -0.148. The molecule has 102 valence electrons. The minimum Gasteiger partial charge on any atom is -0.340 e. The number of carbonyl (C=O) groups is 2. The van der Waals surface area contributed by atoms with Crippen LogP contribution in [-0.2, 0) is 9.59 Å². The zero-order valence-electron chi connectivity index (χ0n) is 11.4. The zero-order valence-corrected chi connectivity index (χ0v) is 12.3. The number of likely N-dealkylation sites (tertiary alicyclic amines) is 1. The van der Waals surface area contributed by atoms with Crippen molar-refractivity contribution >= 4 is 23.6 Å². The van der Waals surface area contributed by atoms with Gasteiger partial charge >= 0.3 is 0 Å². The van der Waals surface area contributed by atoms with Crippen molar-refractivity contribution in [3.63, 3.8) is 0 Å². The third-order valence-electron chi connectivity index (χ3n) is 3.82. The van der Waals surface area contributed by atoms with Crippen LogP contribution in [0.3, 0.4) is 0 Å². The molecule has 1 atom stereocenters. The van der Waals surface area contributed by atoms with Gasteiger partial charge in [-0.05, 0) is 12.8 Å². The van der Waals surface area contributed by atoms with Crippen LogP contribution in [0.5, 0.6) is 0 Å². The quantitative estimate of drug-likeness (QED) is 0.726. The fourth-order valence-corrected chi connectivity index (χ4v) is 4.37. The van der Waals surface area contributed by atoms with Crippen LogP contribution in [0.1, 0.15) is 33.6 Å². The summed E-state index contributed by atoms with van der Waals surface area (Å²) in [4.78, 5) is 27.6. The molecule has 5 heteroatoms. The van der Waals surface area contributed by atoms with E-state index in [1.807, 2.05) is 35.4 Å². The molecule has 0 bridgehead atoms. The van der Waals surface area contributed by atoms with Gasteiger partial charge in [-0.25, -0.2) is 0 Å². The van der Waals surface area contributed by atoms with Crippen LogP contribution in [0.15, 0.2) is 0 Å². The van der Waals surface area contributed by atoms with Crippen LogP contribution in [0.25, 0.3) is 0 Å². The van der Waals surface area contributed by atoms with Gasteiger partial charge in [-0.15, -0.1) is 11.8 Å². The molecule has 0 aromatic rings. The molecule has 0 aliphatic carbocycles. The average molecular weight is 270 g/mol. The van der Waals surface area contributed by atoms with Crippen molar-refractivity contribution in [3.8, 4) is 0 Å². The summed E-state index contributed by atoms with van der Waals surface area (Å²) >= 11 is 1.85. The molecule has 2 heterocycles. The Morgan fingerprint density at radius 2 is 2.00 bits per heavy atom. The second kappa shape index (κ2) is 5.11. The Morgan fingerprint density at radius 1 is 1.28 bits per heavy atom. The molecule has 2 saturated heterocycles. The van der Waals surface area contributed by atoms with E-state index in [-0.39, 0.29) is 22.6 Å². The lowest BCUT2D eigenvalue weighted by molar-refractivity contribution is -0.141. The Morgan fingerprint density at radius 3 is 2.61 bits per heavy atom. The normalized spacial score (nSPS) is 28.2. The van der Waals surface area contributed by atoms with Crippen LogP contribution in [0.4, 0.5) is 0 Å². The number of hydrogen-bond donors (Lipinski definition) is 0. The van der Waals surface area contributed by atoms with Gasteiger partial charge in [-0.1, -0.05) is 13.8 Å². The molecular weight excluding hydrogens is 248 g/mol. The van der Waals surface area contributed by atoms with Crippen LogP contribution in [0, 0.1) is 5.92 Å². The number of carbonyl (C=O) groups excluding carboxylic acids is 2. The van der Waals surface area contributed by atoms with E-state index < -0.39 is 0 Å². The lowest BCUT2D eigenvalue weighted by atomic mass is 10.0. The predicted octanol–water partition coefficient (Wildman–Crippen LogP) is 1.56. The minimum absolute atomic E-state index is 0.0354. The summed E-state index contributed by atoms with van der Waals surface area (Å²) in [6, 6.07) is 0. The van der Waals surface area contributed by atoms with Gasteiger partial charge in [-0.2, -0.15) is 0 Å². The molecule has 2 aliphatic rings. The van der Waals surface area contributed by atoms with Crippen molar-refractivity contribution in [1.29, 1.82) is 0 Å². The van der Waals surface area contributed by atoms with Gasteiger partial charge in [-0.3, -0.25) is 9.59 Å². The third-order valence-corrected chi connectivity index (χ3v) is 5.29. The van der Waals surface area contributed by atoms with Gasteiger partial charge in [0, 0.05) is 31.7 Å². The van der Waals surface area contributed by atoms with E-state index in [9.17, 15) is 9.59 Å². The average Bonchev–Trinajstić information content (AvgIpc) is 2.71. The van der Waals surface area contributed by atoms with E-state index >= 15 is 0 Å². The van der Waals surface area contributed by atoms with Crippen LogP contribution in [0.2, 0.25) is 0 Å². The number of nitrogens with zero attached hydrogens (tertiary/aromatic N) is 2. The molecule has 0 aromatic heterocycles. The molecule has 2 amide bonds. The smallest absolute Gasteiger partial charge is 0.226 e. The van der Waals surface area contributed by atoms with Crippen molar-refractivity contribution in [2.75, 3.05) is 25.4 Å². The van der Waals surface area contributed by atoms with Crippen LogP contribution in [-0.4, -0.2) is 51.9 Å². The van der Waals surface area contributed by atoms with Crippen molar-refractivity contribution in [2.45, 2.75) is 38.5 Å². The van der Waals surface area contributed by atoms with Crippen molar-refractivity contribution in [3.05, 3.63) is 0 Å². The number of hydrogen-bond acceptors (Lipinski definition) is 3. The van der Waals surface area contributed by atoms with E-state index in [1.54, 1.807) is 6.92 Å². The Kier molecular flexibility index (Phi) is 3.90. The molecule has 2 fully saturated rings. The summed E-state index contributed by atoms with van der Waals surface area (Å²) in [6.07, 6.45) is 2.01. The molecule has 2 aliphatic heterocycles. The lowest BCUT2D eigenvalue weighted by Gasteiger charge is -2.45. The Hall–Kier alpha value is -0.710. The second-order valence-electron chi connectivity index (χ2n) is 5.48. The summed E-state index contributed by atoms with van der Waals surface area (Å²) < 4.78 is 0. The summed E-state index contributed by atoms with van der Waals surface area (Å²) in [5.41, 5.74) is 0. The Balaban J connectivity index is 2.18. The third kappa shape index (κ3) is 2.37. The largest absolute Gasteiger partial charge is 0.340 e. The molecule has 0 aromatic carbocycles. The highest BCUT2D eigenvalue weighted by molar-refractivity contribution is 8.00. The molecule has 4 nitrogen and oxygen atoms in total. The van der Waals surface area contributed by atoms with Crippen molar-refractivity contribution in [2.24, 2.45) is 5.92 Å². The van der Waals surface area contributed by atoms with Crippen LogP contribution >= 0.6 is 11.8 Å². The fraction of sp³-hybridized carbons (Fsp3) is 0.846. The Labute approximate surface area is 113 Å². The first kappa shape index (κ1) is 13.7. The van der Waals surface area contributed by atoms with Gasteiger partial charge in [0.1, 0.15) is 4.87 Å². The summed E-state index contributed by atoms with van der Waals surface area (Å²) in [6.45, 7) is 7.88. The highest BCUT2D eigenvalue weighted by Crippen LogP contribution is 2.43. The maximum absolute atomic E-state index is 12.3. The van der Waals surface area contributed by atoms with Gasteiger partial charge < -0.3 is 9.80 Å². The first-order valence-electron chi connectivity index (χ1n) is 6.67. The van der Waals surface area contributed by atoms with Gasteiger partial charge in [0.15, 0.2) is 0 Å². The molecular formula is C13H22N2O2S. The standard InChI is InChI=1S/C13H22N2O2S/c1-10(2)12(17)15-7-8-18-13(15)5-4-6-14(9-13)11(3)16/h10H,4-9H2,1-3H3. The highest BCUT2D eigenvalue weighted by Gasteiger charge is 2.47. The van der Waals surface area contributed by atoms with E-state index in [4.69, 9.17) is 0 Å². The first-order valence-corrected chi connectivity index (χ1v) is 7.66. The predicted molar refractivity (Wildman–Crippen MR) is 73.2 cm³/mol.